The van der Waals surface area contributed by atoms with Gasteiger partial charge in [-0.25, -0.2) is 18.2 Å². The van der Waals surface area contributed by atoms with E-state index in [4.69, 9.17) is 4.74 Å². The molecule has 1 aliphatic heterocycles. The van der Waals surface area contributed by atoms with E-state index in [1.807, 2.05) is 12.4 Å². The van der Waals surface area contributed by atoms with Crippen LogP contribution in [-0.2, 0) is 14.6 Å². The van der Waals surface area contributed by atoms with Crippen molar-refractivity contribution in [2.24, 2.45) is 0 Å². The first kappa shape index (κ1) is 14.1. The van der Waals surface area contributed by atoms with E-state index in [1.165, 1.54) is 7.11 Å². The predicted octanol–water partition coefficient (Wildman–Crippen LogP) is 1.41. The van der Waals surface area contributed by atoms with E-state index in [0.717, 1.165) is 5.69 Å². The highest BCUT2D eigenvalue weighted by Crippen LogP contribution is 2.29. The van der Waals surface area contributed by atoms with Crippen LogP contribution in [-0.4, -0.2) is 42.4 Å². The Labute approximate surface area is 122 Å². The maximum absolute atomic E-state index is 11.7. The van der Waals surface area contributed by atoms with Crippen LogP contribution >= 0.6 is 0 Å². The van der Waals surface area contributed by atoms with E-state index in [0.29, 0.717) is 24.1 Å². The highest BCUT2D eigenvalue weighted by Gasteiger charge is 2.27. The number of nitrogens with zero attached hydrogens (tertiary/aromatic N) is 2. The Morgan fingerprint density at radius 1 is 1.38 bits per heavy atom. The van der Waals surface area contributed by atoms with Crippen molar-refractivity contribution in [3.63, 3.8) is 0 Å². The van der Waals surface area contributed by atoms with Crippen molar-refractivity contribution in [1.29, 1.82) is 0 Å². The Morgan fingerprint density at radius 3 is 2.76 bits per heavy atom. The number of fused-ring (bicyclic) bond motifs is 1. The summed E-state index contributed by atoms with van der Waals surface area (Å²) in [5.74, 6) is 0.105. The smallest absolute Gasteiger partial charge is 0.341 e. The first-order valence-corrected chi connectivity index (χ1v) is 8.58. The Morgan fingerprint density at radius 2 is 2.10 bits per heavy atom. The normalized spacial score (nSPS) is 18.7. The Kier molecular flexibility index (Phi) is 3.44. The highest BCUT2D eigenvalue weighted by molar-refractivity contribution is 7.91. The summed E-state index contributed by atoms with van der Waals surface area (Å²) in [4.78, 5) is 16.3. The first-order chi connectivity index (χ1) is 10.00. The van der Waals surface area contributed by atoms with E-state index in [1.54, 1.807) is 16.5 Å². The maximum atomic E-state index is 11.7. The van der Waals surface area contributed by atoms with Crippen molar-refractivity contribution < 1.29 is 17.9 Å². The average molecular weight is 308 g/mol. The van der Waals surface area contributed by atoms with Crippen LogP contribution in [0.25, 0.3) is 5.65 Å². The van der Waals surface area contributed by atoms with Crippen molar-refractivity contribution in [3.8, 4) is 0 Å². The number of sulfone groups is 1. The van der Waals surface area contributed by atoms with Gasteiger partial charge in [0, 0.05) is 18.3 Å². The molecule has 0 N–H and O–H groups in total. The van der Waals surface area contributed by atoms with E-state index in [-0.39, 0.29) is 17.4 Å². The van der Waals surface area contributed by atoms with Gasteiger partial charge in [-0.15, -0.1) is 0 Å². The summed E-state index contributed by atoms with van der Waals surface area (Å²) in [6.07, 6.45) is 4.85. The molecule has 0 bridgehead atoms. The summed E-state index contributed by atoms with van der Waals surface area (Å²) in [7, 11) is -1.55. The van der Waals surface area contributed by atoms with Crippen LogP contribution in [0.3, 0.4) is 0 Å². The lowest BCUT2D eigenvalue weighted by atomic mass is 10.00. The molecule has 0 unspecified atom stereocenters. The molecule has 6 nitrogen and oxygen atoms in total. The van der Waals surface area contributed by atoms with Gasteiger partial charge in [0.1, 0.15) is 15.4 Å². The number of ether oxygens (including phenoxy) is 1. The third-order valence-electron chi connectivity index (χ3n) is 3.88. The number of rotatable bonds is 2. The van der Waals surface area contributed by atoms with Gasteiger partial charge in [0.2, 0.25) is 0 Å². The van der Waals surface area contributed by atoms with Gasteiger partial charge in [-0.3, -0.25) is 0 Å². The number of imidazole rings is 1. The van der Waals surface area contributed by atoms with Gasteiger partial charge in [-0.1, -0.05) is 0 Å². The quantitative estimate of drug-likeness (QED) is 0.784. The topological polar surface area (TPSA) is 77.7 Å². The van der Waals surface area contributed by atoms with E-state index in [2.05, 4.69) is 4.98 Å². The molecule has 0 aliphatic carbocycles. The molecular formula is C14H16N2O4S. The number of esters is 1. The number of carbonyl (C=O) groups is 1. The maximum Gasteiger partial charge on any atom is 0.341 e. The minimum absolute atomic E-state index is 0.124. The Hall–Kier alpha value is -1.89. The zero-order chi connectivity index (χ0) is 15.0. The summed E-state index contributed by atoms with van der Waals surface area (Å²) in [5, 5.41) is 0. The van der Waals surface area contributed by atoms with Crippen molar-refractivity contribution in [2.75, 3.05) is 18.6 Å². The molecule has 0 aromatic carbocycles. The van der Waals surface area contributed by atoms with Crippen LogP contribution in [0.5, 0.6) is 0 Å². The number of pyridine rings is 1. The van der Waals surface area contributed by atoms with Crippen LogP contribution in [0.1, 0.15) is 34.8 Å². The molecule has 1 saturated heterocycles. The third kappa shape index (κ3) is 2.65. The molecule has 3 heterocycles. The average Bonchev–Trinajstić information content (AvgIpc) is 2.90. The van der Waals surface area contributed by atoms with Crippen LogP contribution < -0.4 is 0 Å². The Balaban J connectivity index is 1.97. The fourth-order valence-corrected chi connectivity index (χ4v) is 4.18. The fourth-order valence-electron chi connectivity index (χ4n) is 2.68. The van der Waals surface area contributed by atoms with Gasteiger partial charge in [-0.2, -0.15) is 0 Å². The van der Waals surface area contributed by atoms with Crippen molar-refractivity contribution in [1.82, 2.24) is 9.38 Å². The number of carbonyl (C=O) groups excluding carboxylic acids is 1. The first-order valence-electron chi connectivity index (χ1n) is 6.76. The second-order valence-corrected chi connectivity index (χ2v) is 7.54. The molecule has 1 fully saturated rings. The molecule has 2 aromatic rings. The van der Waals surface area contributed by atoms with Gasteiger partial charge in [0.15, 0.2) is 5.65 Å². The summed E-state index contributed by atoms with van der Waals surface area (Å²) >= 11 is 0. The molecule has 0 atom stereocenters. The van der Waals surface area contributed by atoms with Crippen LogP contribution in [0.4, 0.5) is 0 Å². The van der Waals surface area contributed by atoms with E-state index >= 15 is 0 Å². The lowest BCUT2D eigenvalue weighted by Gasteiger charge is -2.19. The number of hydrogen-bond donors (Lipinski definition) is 0. The lowest BCUT2D eigenvalue weighted by molar-refractivity contribution is 0.0602. The molecule has 0 saturated carbocycles. The fraction of sp³-hybridized carbons (Fsp3) is 0.429. The summed E-state index contributed by atoms with van der Waals surface area (Å²) in [6.45, 7) is 0. The molecular weight excluding hydrogens is 292 g/mol. The number of hydrogen-bond acceptors (Lipinski definition) is 5. The van der Waals surface area contributed by atoms with Crippen LogP contribution in [0.2, 0.25) is 0 Å². The van der Waals surface area contributed by atoms with Gasteiger partial charge >= 0.3 is 5.97 Å². The second-order valence-electron chi connectivity index (χ2n) is 5.24. The van der Waals surface area contributed by atoms with E-state index in [9.17, 15) is 13.2 Å². The van der Waals surface area contributed by atoms with Gasteiger partial charge in [-0.05, 0) is 25.0 Å². The van der Waals surface area contributed by atoms with Crippen molar-refractivity contribution in [3.05, 3.63) is 35.8 Å². The molecule has 0 radical (unpaired) electrons. The standard InChI is InChI=1S/C14H16N2O4S/c1-20-14(17)11-3-2-6-16-9-12(15-13(11)16)10-4-7-21(18,19)8-5-10/h2-3,6,9-10H,4-5,7-8H2,1H3. The molecule has 7 heteroatoms. The van der Waals surface area contributed by atoms with Crippen LogP contribution in [0.15, 0.2) is 24.5 Å². The Bertz CT molecular complexity index is 780. The minimum atomic E-state index is -2.89. The number of methoxy groups -OCH3 is 1. The lowest BCUT2D eigenvalue weighted by Crippen LogP contribution is -2.22. The minimum Gasteiger partial charge on any atom is -0.465 e. The zero-order valence-corrected chi connectivity index (χ0v) is 12.5. The molecule has 0 spiro atoms. The molecule has 21 heavy (non-hydrogen) atoms. The molecule has 0 amide bonds. The molecule has 3 rings (SSSR count). The third-order valence-corrected chi connectivity index (χ3v) is 5.60. The van der Waals surface area contributed by atoms with Gasteiger partial charge in [0.05, 0.1) is 24.3 Å². The van der Waals surface area contributed by atoms with Gasteiger partial charge < -0.3 is 9.14 Å². The summed E-state index contributed by atoms with van der Waals surface area (Å²) in [6, 6.07) is 3.43. The van der Waals surface area contributed by atoms with Crippen molar-refractivity contribution in [2.45, 2.75) is 18.8 Å². The monoisotopic (exact) mass is 308 g/mol. The highest BCUT2D eigenvalue weighted by atomic mass is 32.2. The van der Waals surface area contributed by atoms with Gasteiger partial charge in [0.25, 0.3) is 0 Å². The summed E-state index contributed by atoms with van der Waals surface area (Å²) < 4.78 is 29.5. The molecule has 2 aromatic heterocycles. The zero-order valence-electron chi connectivity index (χ0n) is 11.7. The van der Waals surface area contributed by atoms with Crippen molar-refractivity contribution >= 4 is 21.5 Å². The SMILES string of the molecule is COC(=O)c1cccn2cc(C3CCS(=O)(=O)CC3)nc12. The van der Waals surface area contributed by atoms with Crippen LogP contribution in [0, 0.1) is 0 Å². The predicted molar refractivity (Wildman–Crippen MR) is 77.2 cm³/mol. The molecule has 112 valence electrons. The largest absolute Gasteiger partial charge is 0.465 e. The van der Waals surface area contributed by atoms with E-state index < -0.39 is 15.8 Å². The molecule has 1 aliphatic rings. The summed E-state index contributed by atoms with van der Waals surface area (Å²) in [5.41, 5.74) is 1.80. The second kappa shape index (κ2) is 5.14. The number of aromatic nitrogens is 2.